The lowest BCUT2D eigenvalue weighted by atomic mass is 9.91. The number of nitrogens with zero attached hydrogens (tertiary/aromatic N) is 2. The Morgan fingerprint density at radius 3 is 2.32 bits per heavy atom. The summed E-state index contributed by atoms with van der Waals surface area (Å²) in [7, 11) is 0. The molecule has 1 heterocycles. The Hall–Kier alpha value is -1.97. The topological polar surface area (TPSA) is 51.8 Å². The van der Waals surface area contributed by atoms with E-state index >= 15 is 0 Å². The predicted molar refractivity (Wildman–Crippen MR) is 74.4 cm³/mol. The molecule has 1 aromatic carbocycles. The van der Waals surface area contributed by atoms with Gasteiger partial charge in [0, 0.05) is 11.8 Å². The molecule has 0 spiro atoms. The molecule has 19 heavy (non-hydrogen) atoms. The van der Waals surface area contributed by atoms with Gasteiger partial charge < -0.3 is 5.73 Å². The van der Waals surface area contributed by atoms with Gasteiger partial charge >= 0.3 is 0 Å². The van der Waals surface area contributed by atoms with Crippen molar-refractivity contribution in [1.29, 1.82) is 0 Å². The zero-order chi connectivity index (χ0) is 14.0. The Morgan fingerprint density at radius 1 is 1.11 bits per heavy atom. The molecule has 0 atom stereocenters. The van der Waals surface area contributed by atoms with Crippen LogP contribution in [0.25, 0.3) is 0 Å². The number of hydrogen-bond donors (Lipinski definition) is 1. The summed E-state index contributed by atoms with van der Waals surface area (Å²) in [6.07, 6.45) is 0.621. The maximum atomic E-state index is 12.9. The minimum Gasteiger partial charge on any atom is -0.368 e. The van der Waals surface area contributed by atoms with E-state index in [1.165, 1.54) is 12.1 Å². The van der Waals surface area contributed by atoms with Crippen LogP contribution in [0.2, 0.25) is 0 Å². The number of nitrogen functional groups attached to an aromatic ring is 1. The van der Waals surface area contributed by atoms with E-state index in [4.69, 9.17) is 5.73 Å². The van der Waals surface area contributed by atoms with E-state index in [9.17, 15) is 4.39 Å². The first-order valence-electron chi connectivity index (χ1n) is 6.23. The van der Waals surface area contributed by atoms with Gasteiger partial charge in [0.05, 0.1) is 11.4 Å². The van der Waals surface area contributed by atoms with Crippen molar-refractivity contribution in [1.82, 2.24) is 9.97 Å². The van der Waals surface area contributed by atoms with Crippen molar-refractivity contribution >= 4 is 5.95 Å². The largest absolute Gasteiger partial charge is 0.368 e. The molecule has 2 aromatic rings. The fraction of sp³-hybridized carbons (Fsp3) is 0.333. The molecule has 4 heteroatoms. The van der Waals surface area contributed by atoms with Crippen LogP contribution < -0.4 is 5.73 Å². The highest BCUT2D eigenvalue weighted by molar-refractivity contribution is 5.30. The zero-order valence-electron chi connectivity index (χ0n) is 11.4. The lowest BCUT2D eigenvalue weighted by Crippen LogP contribution is -2.16. The summed E-state index contributed by atoms with van der Waals surface area (Å²) in [5, 5.41) is 0. The smallest absolute Gasteiger partial charge is 0.220 e. The summed E-state index contributed by atoms with van der Waals surface area (Å²) in [4.78, 5) is 8.51. The summed E-state index contributed by atoms with van der Waals surface area (Å²) < 4.78 is 12.9. The monoisotopic (exact) mass is 259 g/mol. The van der Waals surface area contributed by atoms with Crippen molar-refractivity contribution < 1.29 is 4.39 Å². The molecule has 0 bridgehead atoms. The number of halogens is 1. The molecule has 2 N–H and O–H groups in total. The van der Waals surface area contributed by atoms with Crippen LogP contribution >= 0.6 is 0 Å². The summed E-state index contributed by atoms with van der Waals surface area (Å²) in [6.45, 7) is 6.24. The van der Waals surface area contributed by atoms with Crippen LogP contribution in [-0.4, -0.2) is 9.97 Å². The first-order chi connectivity index (χ1) is 8.84. The molecule has 0 fully saturated rings. The zero-order valence-corrected chi connectivity index (χ0v) is 11.4. The van der Waals surface area contributed by atoms with Gasteiger partial charge in [-0.25, -0.2) is 14.4 Å². The number of hydrogen-bond acceptors (Lipinski definition) is 3. The molecule has 0 amide bonds. The molecule has 0 aliphatic heterocycles. The van der Waals surface area contributed by atoms with Gasteiger partial charge in [0.2, 0.25) is 5.95 Å². The second kappa shape index (κ2) is 4.96. The van der Waals surface area contributed by atoms with Gasteiger partial charge in [0.25, 0.3) is 0 Å². The lowest BCUT2D eigenvalue weighted by molar-refractivity contribution is 0.566. The quantitative estimate of drug-likeness (QED) is 0.901. The van der Waals surface area contributed by atoms with E-state index in [2.05, 4.69) is 30.7 Å². The average molecular weight is 259 g/mol. The molecule has 3 nitrogen and oxygen atoms in total. The van der Waals surface area contributed by atoms with Crippen molar-refractivity contribution in [2.45, 2.75) is 32.6 Å². The standard InChI is InChI=1S/C15H18FN3/c1-15(2,3)13-9-12(18-14(17)19-13)8-10-4-6-11(16)7-5-10/h4-7,9H,8H2,1-3H3,(H2,17,18,19). The Kier molecular flexibility index (Phi) is 3.51. The van der Waals surface area contributed by atoms with Crippen molar-refractivity contribution in [2.75, 3.05) is 5.73 Å². The Bertz CT molecular complexity index is 571. The Labute approximate surface area is 112 Å². The summed E-state index contributed by atoms with van der Waals surface area (Å²) >= 11 is 0. The highest BCUT2D eigenvalue weighted by Crippen LogP contribution is 2.22. The molecule has 0 aliphatic rings. The third-order valence-corrected chi connectivity index (χ3v) is 2.86. The maximum absolute atomic E-state index is 12.9. The molecule has 0 unspecified atom stereocenters. The van der Waals surface area contributed by atoms with E-state index in [0.717, 1.165) is 17.0 Å². The number of nitrogens with two attached hydrogens (primary N) is 1. The van der Waals surface area contributed by atoms with E-state index in [-0.39, 0.29) is 17.2 Å². The third kappa shape index (κ3) is 3.50. The predicted octanol–water partition coefficient (Wildman–Crippen LogP) is 3.09. The van der Waals surface area contributed by atoms with E-state index in [0.29, 0.717) is 6.42 Å². The van der Waals surface area contributed by atoms with Crippen LogP contribution in [0.1, 0.15) is 37.7 Å². The van der Waals surface area contributed by atoms with Crippen LogP contribution in [0, 0.1) is 5.82 Å². The Morgan fingerprint density at radius 2 is 1.74 bits per heavy atom. The first kappa shape index (κ1) is 13.5. The third-order valence-electron chi connectivity index (χ3n) is 2.86. The molecule has 0 saturated carbocycles. The van der Waals surface area contributed by atoms with Gasteiger partial charge in [0.15, 0.2) is 0 Å². The van der Waals surface area contributed by atoms with E-state index in [1.54, 1.807) is 12.1 Å². The number of anilines is 1. The van der Waals surface area contributed by atoms with Gasteiger partial charge in [-0.3, -0.25) is 0 Å². The maximum Gasteiger partial charge on any atom is 0.220 e. The summed E-state index contributed by atoms with van der Waals surface area (Å²) in [5.74, 6) is 0.0471. The number of rotatable bonds is 2. The molecule has 0 aliphatic carbocycles. The van der Waals surface area contributed by atoms with Crippen molar-refractivity contribution in [3.63, 3.8) is 0 Å². The fourth-order valence-electron chi connectivity index (χ4n) is 1.80. The molecule has 0 saturated heterocycles. The molecule has 1 aromatic heterocycles. The van der Waals surface area contributed by atoms with Crippen LogP contribution in [0.4, 0.5) is 10.3 Å². The van der Waals surface area contributed by atoms with Crippen LogP contribution in [0.5, 0.6) is 0 Å². The van der Waals surface area contributed by atoms with Gasteiger partial charge in [0.1, 0.15) is 5.82 Å². The van der Waals surface area contributed by atoms with E-state index in [1.807, 2.05) is 6.07 Å². The molecule has 2 rings (SSSR count). The van der Waals surface area contributed by atoms with Crippen LogP contribution in [0.3, 0.4) is 0 Å². The normalized spacial score (nSPS) is 11.6. The van der Waals surface area contributed by atoms with Crippen LogP contribution in [0.15, 0.2) is 30.3 Å². The minimum absolute atomic E-state index is 0.0748. The molecular formula is C15H18FN3. The Balaban J connectivity index is 2.30. The van der Waals surface area contributed by atoms with Gasteiger partial charge in [-0.2, -0.15) is 0 Å². The molecule has 0 radical (unpaired) electrons. The van der Waals surface area contributed by atoms with Gasteiger partial charge in [-0.05, 0) is 23.8 Å². The summed E-state index contributed by atoms with van der Waals surface area (Å²) in [6, 6.07) is 8.36. The fourth-order valence-corrected chi connectivity index (χ4v) is 1.80. The van der Waals surface area contributed by atoms with Crippen molar-refractivity contribution in [3.8, 4) is 0 Å². The van der Waals surface area contributed by atoms with Crippen molar-refractivity contribution in [3.05, 3.63) is 53.1 Å². The average Bonchev–Trinajstić information content (AvgIpc) is 2.30. The van der Waals surface area contributed by atoms with E-state index < -0.39 is 0 Å². The minimum atomic E-state index is -0.235. The second-order valence-corrected chi connectivity index (χ2v) is 5.66. The highest BCUT2D eigenvalue weighted by Gasteiger charge is 2.17. The first-order valence-corrected chi connectivity index (χ1v) is 6.23. The SMILES string of the molecule is CC(C)(C)c1cc(Cc2ccc(F)cc2)nc(N)n1. The number of aromatic nitrogens is 2. The van der Waals surface area contributed by atoms with Gasteiger partial charge in [-0.15, -0.1) is 0 Å². The van der Waals surface area contributed by atoms with Gasteiger partial charge in [-0.1, -0.05) is 32.9 Å². The molecular weight excluding hydrogens is 241 g/mol. The highest BCUT2D eigenvalue weighted by atomic mass is 19.1. The lowest BCUT2D eigenvalue weighted by Gasteiger charge is -2.18. The number of benzene rings is 1. The van der Waals surface area contributed by atoms with Crippen LogP contribution in [-0.2, 0) is 11.8 Å². The second-order valence-electron chi connectivity index (χ2n) is 5.66. The molecule has 100 valence electrons. The summed E-state index contributed by atoms with van der Waals surface area (Å²) in [5.41, 5.74) is 8.44. The van der Waals surface area contributed by atoms with Crippen molar-refractivity contribution in [2.24, 2.45) is 0 Å².